The van der Waals surface area contributed by atoms with Crippen LogP contribution in [0, 0.1) is 0 Å². The summed E-state index contributed by atoms with van der Waals surface area (Å²) >= 11 is 12.7. The summed E-state index contributed by atoms with van der Waals surface area (Å²) in [6, 6.07) is 11.2. The molecular weight excluding hydrogens is 423 g/mol. The molecule has 3 rings (SSSR count). The Morgan fingerprint density at radius 3 is 2.63 bits per heavy atom. The number of halogens is 2. The highest BCUT2D eigenvalue weighted by molar-refractivity contribution is 6.45. The summed E-state index contributed by atoms with van der Waals surface area (Å²) in [6.07, 6.45) is 4.13. The topological polar surface area (TPSA) is 50.8 Å². The van der Waals surface area contributed by atoms with Crippen molar-refractivity contribution in [2.24, 2.45) is 0 Å². The number of carbonyl (C=O) groups excluding carboxylic acids is 1. The van der Waals surface area contributed by atoms with Crippen LogP contribution < -0.4 is 15.0 Å². The number of nitrogens with zero attached hydrogens (tertiary/aromatic N) is 1. The minimum atomic E-state index is -0.216. The zero-order valence-electron chi connectivity index (χ0n) is 17.2. The maximum atomic E-state index is 12.6. The van der Waals surface area contributed by atoms with Crippen LogP contribution in [0.25, 0.3) is 6.08 Å². The van der Waals surface area contributed by atoms with Gasteiger partial charge in [-0.1, -0.05) is 41.4 Å². The molecule has 1 saturated heterocycles. The zero-order chi connectivity index (χ0) is 21.5. The van der Waals surface area contributed by atoms with E-state index in [0.717, 1.165) is 30.8 Å². The molecule has 7 heteroatoms. The van der Waals surface area contributed by atoms with Gasteiger partial charge in [0.25, 0.3) is 0 Å². The Kier molecular flexibility index (Phi) is 8.16. The Morgan fingerprint density at radius 2 is 1.97 bits per heavy atom. The molecule has 0 saturated carbocycles. The van der Waals surface area contributed by atoms with Crippen molar-refractivity contribution < 1.29 is 14.3 Å². The van der Waals surface area contributed by atoms with Crippen LogP contribution in [0.3, 0.4) is 0 Å². The Labute approximate surface area is 187 Å². The van der Waals surface area contributed by atoms with E-state index in [9.17, 15) is 4.79 Å². The highest BCUT2D eigenvalue weighted by atomic mass is 35.5. The lowest BCUT2D eigenvalue weighted by molar-refractivity contribution is 0.0159. The van der Waals surface area contributed by atoms with Crippen LogP contribution in [-0.4, -0.2) is 52.3 Å². The SMILES string of the molecule is CN(C)c1ccc(C=CC(=O)c2ccc(OCCC3CNCCO3)c(Cl)c2Cl)cc1. The molecule has 1 aliphatic heterocycles. The quantitative estimate of drug-likeness (QED) is 0.467. The van der Waals surface area contributed by atoms with Crippen molar-refractivity contribution >= 4 is 40.7 Å². The van der Waals surface area contributed by atoms with Crippen molar-refractivity contribution in [1.82, 2.24) is 5.32 Å². The first kappa shape index (κ1) is 22.6. The Balaban J connectivity index is 1.61. The van der Waals surface area contributed by atoms with Crippen molar-refractivity contribution in [2.75, 3.05) is 45.3 Å². The average Bonchev–Trinajstić information content (AvgIpc) is 2.76. The van der Waals surface area contributed by atoms with Gasteiger partial charge in [0, 0.05) is 44.9 Å². The van der Waals surface area contributed by atoms with Crippen molar-refractivity contribution in [3.8, 4) is 5.75 Å². The summed E-state index contributed by atoms with van der Waals surface area (Å²) in [5.74, 6) is 0.247. The largest absolute Gasteiger partial charge is 0.492 e. The summed E-state index contributed by atoms with van der Waals surface area (Å²) in [7, 11) is 3.96. The molecular formula is C23H26Cl2N2O3. The number of anilines is 1. The molecule has 1 unspecified atom stereocenters. The van der Waals surface area contributed by atoms with Crippen LogP contribution in [0.5, 0.6) is 5.75 Å². The Bertz CT molecular complexity index is 892. The standard InChI is InChI=1S/C23H26Cl2N2O3/c1-27(2)17-6-3-16(4-7-17)5-9-20(28)19-8-10-21(23(25)22(19)24)30-13-11-18-15-26-12-14-29-18/h3-10,18,26H,11-15H2,1-2H3. The third kappa shape index (κ3) is 5.99. The van der Waals surface area contributed by atoms with E-state index in [0.29, 0.717) is 24.5 Å². The first-order valence-electron chi connectivity index (χ1n) is 9.88. The van der Waals surface area contributed by atoms with Gasteiger partial charge in [-0.05, 0) is 35.9 Å². The van der Waals surface area contributed by atoms with Crippen LogP contribution in [-0.2, 0) is 4.74 Å². The van der Waals surface area contributed by atoms with Crippen LogP contribution >= 0.6 is 23.2 Å². The van der Waals surface area contributed by atoms with Gasteiger partial charge in [-0.25, -0.2) is 0 Å². The van der Waals surface area contributed by atoms with E-state index < -0.39 is 0 Å². The summed E-state index contributed by atoms with van der Waals surface area (Å²) in [6.45, 7) is 2.86. The molecule has 1 atom stereocenters. The highest BCUT2D eigenvalue weighted by Gasteiger charge is 2.17. The molecule has 0 aliphatic carbocycles. The molecule has 0 amide bonds. The number of rotatable bonds is 8. The third-order valence-corrected chi connectivity index (χ3v) is 5.72. The minimum absolute atomic E-state index is 0.130. The van der Waals surface area contributed by atoms with Crippen molar-refractivity contribution in [3.05, 3.63) is 63.6 Å². The molecule has 160 valence electrons. The molecule has 0 bridgehead atoms. The third-order valence-electron chi connectivity index (χ3n) is 4.85. The lowest BCUT2D eigenvalue weighted by Gasteiger charge is -2.23. The maximum Gasteiger partial charge on any atom is 0.187 e. The van der Waals surface area contributed by atoms with Crippen LogP contribution in [0.1, 0.15) is 22.3 Å². The first-order chi connectivity index (χ1) is 14.5. The number of benzene rings is 2. The van der Waals surface area contributed by atoms with Crippen molar-refractivity contribution in [2.45, 2.75) is 12.5 Å². The van der Waals surface area contributed by atoms with E-state index in [1.54, 1.807) is 18.2 Å². The maximum absolute atomic E-state index is 12.6. The van der Waals surface area contributed by atoms with Crippen molar-refractivity contribution in [1.29, 1.82) is 0 Å². The van der Waals surface area contributed by atoms with Gasteiger partial charge in [0.1, 0.15) is 10.8 Å². The lowest BCUT2D eigenvalue weighted by Crippen LogP contribution is -2.39. The molecule has 30 heavy (non-hydrogen) atoms. The van der Waals surface area contributed by atoms with E-state index >= 15 is 0 Å². The van der Waals surface area contributed by atoms with E-state index in [1.807, 2.05) is 43.3 Å². The molecule has 5 nitrogen and oxygen atoms in total. The normalized spacial score (nSPS) is 16.6. The summed E-state index contributed by atoms with van der Waals surface area (Å²) < 4.78 is 11.4. The highest BCUT2D eigenvalue weighted by Crippen LogP contribution is 2.35. The molecule has 1 N–H and O–H groups in total. The number of allylic oxidation sites excluding steroid dienone is 1. The average molecular weight is 449 g/mol. The van der Waals surface area contributed by atoms with E-state index in [1.165, 1.54) is 6.08 Å². The number of hydrogen-bond acceptors (Lipinski definition) is 5. The molecule has 0 aromatic heterocycles. The number of ether oxygens (including phenoxy) is 2. The molecule has 2 aromatic carbocycles. The van der Waals surface area contributed by atoms with Gasteiger partial charge >= 0.3 is 0 Å². The smallest absolute Gasteiger partial charge is 0.187 e. The van der Waals surface area contributed by atoms with Crippen molar-refractivity contribution in [3.63, 3.8) is 0 Å². The second kappa shape index (κ2) is 10.8. The van der Waals surface area contributed by atoms with Crippen LogP contribution in [0.4, 0.5) is 5.69 Å². The number of ketones is 1. The fourth-order valence-electron chi connectivity index (χ4n) is 3.08. The predicted molar refractivity (Wildman–Crippen MR) is 123 cm³/mol. The number of carbonyl (C=O) groups is 1. The van der Waals surface area contributed by atoms with Gasteiger partial charge in [0.2, 0.25) is 0 Å². The number of nitrogens with one attached hydrogen (secondary N) is 1. The number of hydrogen-bond donors (Lipinski definition) is 1. The summed E-state index contributed by atoms with van der Waals surface area (Å²) in [4.78, 5) is 14.6. The molecule has 0 radical (unpaired) electrons. The monoisotopic (exact) mass is 448 g/mol. The summed E-state index contributed by atoms with van der Waals surface area (Å²) in [5.41, 5.74) is 2.36. The first-order valence-corrected chi connectivity index (χ1v) is 10.6. The molecule has 0 spiro atoms. The van der Waals surface area contributed by atoms with E-state index in [4.69, 9.17) is 32.7 Å². The van der Waals surface area contributed by atoms with E-state index in [2.05, 4.69) is 5.32 Å². The summed E-state index contributed by atoms with van der Waals surface area (Å²) in [5, 5.41) is 3.72. The van der Waals surface area contributed by atoms with Gasteiger partial charge in [0.05, 0.1) is 24.3 Å². The van der Waals surface area contributed by atoms with Gasteiger partial charge in [0.15, 0.2) is 5.78 Å². The van der Waals surface area contributed by atoms with E-state index in [-0.39, 0.29) is 21.9 Å². The lowest BCUT2D eigenvalue weighted by atomic mass is 10.1. The van der Waals surface area contributed by atoms with Gasteiger partial charge in [-0.15, -0.1) is 0 Å². The van der Waals surface area contributed by atoms with Gasteiger partial charge < -0.3 is 19.7 Å². The molecule has 1 heterocycles. The fraction of sp³-hybridized carbons (Fsp3) is 0.348. The van der Waals surface area contributed by atoms with Crippen LogP contribution in [0.2, 0.25) is 10.0 Å². The zero-order valence-corrected chi connectivity index (χ0v) is 18.7. The molecule has 2 aromatic rings. The predicted octanol–water partition coefficient (Wildman–Crippen LogP) is 4.71. The van der Waals surface area contributed by atoms with Gasteiger partial charge in [-0.2, -0.15) is 0 Å². The fourth-order valence-corrected chi connectivity index (χ4v) is 3.55. The number of morpholine rings is 1. The second-order valence-electron chi connectivity index (χ2n) is 7.26. The molecule has 1 fully saturated rings. The Hall–Kier alpha value is -2.05. The molecule has 1 aliphatic rings. The Morgan fingerprint density at radius 1 is 1.20 bits per heavy atom. The second-order valence-corrected chi connectivity index (χ2v) is 8.01. The van der Waals surface area contributed by atoms with Crippen LogP contribution in [0.15, 0.2) is 42.5 Å². The minimum Gasteiger partial charge on any atom is -0.492 e. The van der Waals surface area contributed by atoms with Gasteiger partial charge in [-0.3, -0.25) is 4.79 Å².